The molecule has 4 aliphatic rings. The molecule has 2 heterocycles. The van der Waals surface area contributed by atoms with Gasteiger partial charge < -0.3 is 19.7 Å². The maximum absolute atomic E-state index is 11.1. The number of nitrogens with zero attached hydrogens (tertiary/aromatic N) is 2. The number of hydrogen-bond donors (Lipinski definition) is 1. The Morgan fingerprint density at radius 2 is 1.87 bits per heavy atom. The van der Waals surface area contributed by atoms with Gasteiger partial charge in [-0.1, -0.05) is 63.6 Å². The third kappa shape index (κ3) is 7.74. The van der Waals surface area contributed by atoms with Gasteiger partial charge in [0.2, 0.25) is 6.41 Å². The number of benzene rings is 1. The Labute approximate surface area is 239 Å². The number of allylic oxidation sites excluding steroid dienone is 1. The summed E-state index contributed by atoms with van der Waals surface area (Å²) < 4.78 is 2.32. The van der Waals surface area contributed by atoms with Crippen molar-refractivity contribution >= 4 is 47.8 Å². The highest BCUT2D eigenvalue weighted by molar-refractivity contribution is 8.00. The number of piperidine rings is 2. The first-order chi connectivity index (χ1) is 18.4. The lowest BCUT2D eigenvalue weighted by Gasteiger charge is -2.54. The number of rotatable bonds is 13. The van der Waals surface area contributed by atoms with Gasteiger partial charge in [-0.2, -0.15) is 11.8 Å². The first kappa shape index (κ1) is 30.9. The molecule has 2 N–H and O–H groups in total. The third-order valence-corrected chi connectivity index (χ3v) is 11.0. The number of aldehydes is 1. The maximum atomic E-state index is 11.1. The van der Waals surface area contributed by atoms with Crippen LogP contribution in [0.3, 0.4) is 0 Å². The van der Waals surface area contributed by atoms with Crippen molar-refractivity contribution in [2.45, 2.75) is 82.3 Å². The molecule has 1 amide bonds. The minimum absolute atomic E-state index is 0.0757. The van der Waals surface area contributed by atoms with Gasteiger partial charge in [0.1, 0.15) is 6.29 Å². The van der Waals surface area contributed by atoms with E-state index in [1.54, 1.807) is 11.9 Å². The highest BCUT2D eigenvalue weighted by atomic mass is 32.2. The predicted octanol–water partition coefficient (Wildman–Crippen LogP) is 6.84. The van der Waals surface area contributed by atoms with Crippen LogP contribution in [0, 0.1) is 17.8 Å². The van der Waals surface area contributed by atoms with Crippen LogP contribution in [-0.4, -0.2) is 50.1 Å². The largest absolute Gasteiger partial charge is 0.372 e. The number of hydrogen-bond acceptors (Lipinski definition) is 6. The average molecular weight is 560 g/mol. The van der Waals surface area contributed by atoms with Gasteiger partial charge in [-0.3, -0.25) is 4.79 Å². The minimum Gasteiger partial charge on any atom is -0.372 e. The zero-order valence-electron chi connectivity index (χ0n) is 23.9. The Morgan fingerprint density at radius 3 is 2.47 bits per heavy atom. The minimum atomic E-state index is 0.0757. The molecule has 38 heavy (non-hydrogen) atoms. The number of anilines is 2. The zero-order valence-corrected chi connectivity index (χ0v) is 25.6. The van der Waals surface area contributed by atoms with Crippen molar-refractivity contribution in [2.75, 3.05) is 41.4 Å². The first-order valence-electron chi connectivity index (χ1n) is 14.5. The summed E-state index contributed by atoms with van der Waals surface area (Å²) in [7, 11) is 2.19. The number of fused-ring (bicyclic) bond motifs is 2. The molecule has 212 valence electrons. The number of carbonyl (C=O) groups is 2. The standard InChI is InChI=1S/C30H46N2OS2.CH3NO/c1-5-6-7-8-9-18-35-26-12-15-30(2,16-13-26)28-20-25(10-11-29(28)31(3)34-4)32-21-23-19-24(22-32)27(23)14-17-33;2-1-3/h10-12,15,17,20,23-24,26-27H,5-9,13-14,16,18-19,21-22H2,1-4H3;1H,(H2,2,3). The Hall–Kier alpha value is -1.60. The molecule has 0 aromatic heterocycles. The number of unbranched alkanes of at least 4 members (excludes halogenated alkanes) is 4. The van der Waals surface area contributed by atoms with E-state index in [4.69, 9.17) is 4.79 Å². The van der Waals surface area contributed by atoms with E-state index in [-0.39, 0.29) is 11.8 Å². The molecule has 4 atom stereocenters. The van der Waals surface area contributed by atoms with Crippen LogP contribution < -0.4 is 14.9 Å². The summed E-state index contributed by atoms with van der Waals surface area (Å²) in [6, 6.07) is 7.17. The van der Waals surface area contributed by atoms with Gasteiger partial charge in [0, 0.05) is 49.2 Å². The monoisotopic (exact) mass is 559 g/mol. The van der Waals surface area contributed by atoms with Crippen LogP contribution in [0.1, 0.15) is 77.2 Å². The summed E-state index contributed by atoms with van der Waals surface area (Å²) >= 11 is 3.95. The maximum Gasteiger partial charge on any atom is 0.204 e. The van der Waals surface area contributed by atoms with Gasteiger partial charge in [0.05, 0.1) is 5.69 Å². The van der Waals surface area contributed by atoms with Gasteiger partial charge >= 0.3 is 0 Å². The van der Waals surface area contributed by atoms with E-state index in [1.165, 1.54) is 74.1 Å². The number of amides is 1. The Kier molecular flexibility index (Phi) is 12.4. The molecule has 1 aromatic carbocycles. The zero-order chi connectivity index (χ0) is 27.5. The molecular weight excluding hydrogens is 510 g/mol. The summed E-state index contributed by atoms with van der Waals surface area (Å²) in [6.07, 6.45) is 20.0. The Bertz CT molecular complexity index is 914. The van der Waals surface area contributed by atoms with Crippen molar-refractivity contribution in [3.8, 4) is 0 Å². The molecule has 1 aromatic rings. The first-order valence-corrected chi connectivity index (χ1v) is 16.7. The second-order valence-electron chi connectivity index (χ2n) is 11.4. The highest BCUT2D eigenvalue weighted by Gasteiger charge is 2.46. The fraction of sp³-hybridized carbons (Fsp3) is 0.677. The van der Waals surface area contributed by atoms with Gasteiger partial charge in [-0.05, 0) is 73.0 Å². The quantitative estimate of drug-likeness (QED) is 0.123. The fourth-order valence-corrected chi connectivity index (χ4v) is 7.99. The van der Waals surface area contributed by atoms with E-state index in [1.807, 2.05) is 0 Å². The van der Waals surface area contributed by atoms with Crippen molar-refractivity contribution in [1.29, 1.82) is 0 Å². The smallest absolute Gasteiger partial charge is 0.204 e. The van der Waals surface area contributed by atoms with Crippen molar-refractivity contribution in [3.63, 3.8) is 0 Å². The Balaban J connectivity index is 0.00000127. The topological polar surface area (TPSA) is 66.6 Å². The van der Waals surface area contributed by atoms with E-state index in [0.717, 1.165) is 25.8 Å². The number of thioether (sulfide) groups is 1. The van der Waals surface area contributed by atoms with E-state index < -0.39 is 0 Å². The molecule has 4 unspecified atom stereocenters. The molecular formula is C31H49N3O2S2. The normalized spacial score (nSPS) is 27.6. The number of carbonyl (C=O) groups excluding carboxylic acids is 2. The molecule has 7 heteroatoms. The molecule has 5 rings (SSSR count). The Morgan fingerprint density at radius 1 is 1.16 bits per heavy atom. The molecule has 2 saturated heterocycles. The molecule has 1 saturated carbocycles. The number of nitrogens with two attached hydrogens (primary N) is 1. The van der Waals surface area contributed by atoms with Crippen molar-refractivity contribution in [2.24, 2.45) is 23.5 Å². The number of primary amides is 1. The molecule has 2 aliphatic heterocycles. The van der Waals surface area contributed by atoms with Crippen LogP contribution >= 0.6 is 23.7 Å². The van der Waals surface area contributed by atoms with Crippen LogP contribution in [0.2, 0.25) is 0 Å². The van der Waals surface area contributed by atoms with Crippen molar-refractivity contribution < 1.29 is 9.59 Å². The molecule has 0 radical (unpaired) electrons. The molecule has 2 bridgehead atoms. The van der Waals surface area contributed by atoms with Gasteiger partial charge in [-0.25, -0.2) is 0 Å². The van der Waals surface area contributed by atoms with Crippen molar-refractivity contribution in [1.82, 2.24) is 0 Å². The molecule has 0 spiro atoms. The predicted molar refractivity (Wildman–Crippen MR) is 167 cm³/mol. The summed E-state index contributed by atoms with van der Waals surface area (Å²) in [5.41, 5.74) is 8.42. The lowest BCUT2D eigenvalue weighted by Crippen LogP contribution is -2.55. The second kappa shape index (κ2) is 15.3. The summed E-state index contributed by atoms with van der Waals surface area (Å²) in [6.45, 7) is 6.95. The molecule has 5 nitrogen and oxygen atoms in total. The van der Waals surface area contributed by atoms with Gasteiger partial charge in [0.15, 0.2) is 0 Å². The van der Waals surface area contributed by atoms with Gasteiger partial charge in [0.25, 0.3) is 0 Å². The fourth-order valence-electron chi connectivity index (χ4n) is 6.49. The van der Waals surface area contributed by atoms with Crippen LogP contribution in [0.4, 0.5) is 11.4 Å². The van der Waals surface area contributed by atoms with Crippen LogP contribution in [-0.2, 0) is 15.0 Å². The van der Waals surface area contributed by atoms with Crippen LogP contribution in [0.25, 0.3) is 0 Å². The molecule has 3 fully saturated rings. The van der Waals surface area contributed by atoms with Crippen LogP contribution in [0.15, 0.2) is 30.4 Å². The highest BCUT2D eigenvalue weighted by Crippen LogP contribution is 2.49. The van der Waals surface area contributed by atoms with E-state index >= 15 is 0 Å². The average Bonchev–Trinajstić information content (AvgIpc) is 2.94. The van der Waals surface area contributed by atoms with Crippen molar-refractivity contribution in [3.05, 3.63) is 35.9 Å². The van der Waals surface area contributed by atoms with Crippen LogP contribution in [0.5, 0.6) is 0 Å². The van der Waals surface area contributed by atoms with E-state index in [9.17, 15) is 4.79 Å². The van der Waals surface area contributed by atoms with E-state index in [2.05, 4.69) is 84.2 Å². The lowest BCUT2D eigenvalue weighted by atomic mass is 9.60. The summed E-state index contributed by atoms with van der Waals surface area (Å²) in [5.74, 6) is 3.32. The lowest BCUT2D eigenvalue weighted by molar-refractivity contribution is -0.111. The second-order valence-corrected chi connectivity index (χ2v) is 13.6. The third-order valence-electron chi connectivity index (χ3n) is 8.88. The summed E-state index contributed by atoms with van der Waals surface area (Å²) in [5, 5.41) is 0.670. The molecule has 2 aliphatic carbocycles. The summed E-state index contributed by atoms with van der Waals surface area (Å²) in [4.78, 5) is 22.3. The SMILES string of the molecule is CCCCCCCSC1C=CC(C)(c2cc(N3CC4CC(C3)C4CC=O)ccc2N(C)SC)CC1.NC=O. The van der Waals surface area contributed by atoms with E-state index in [0.29, 0.717) is 23.0 Å². The van der Waals surface area contributed by atoms with Gasteiger partial charge in [-0.15, -0.1) is 0 Å².